The number of amides is 1. The molecule has 2 N–H and O–H groups in total. The standard InChI is InChI=1S/C10H12ClNO3.C8H14O.C4H8.C3H4/c1-6(5-11)12-9(13)7-3-2-4-8(7)10(14)15;1-5-6-8(9-4)7(2)3;1-3-4-2;1-3-2/h1-5H2,(H,12,13)(H,14,15);5-6H,1-4H3;3H,1,4H2,2H3;1H,2H3/b;6-5-;;. The number of carboxylic acid groups (broad SMARTS) is 1. The van der Waals surface area contributed by atoms with E-state index in [0.29, 0.717) is 30.5 Å². The summed E-state index contributed by atoms with van der Waals surface area (Å²) in [6.45, 7) is 16.7. The first-order valence-electron chi connectivity index (χ1n) is 9.94. The largest absolute Gasteiger partial charge is 0.497 e. The van der Waals surface area contributed by atoms with E-state index in [1.165, 1.54) is 5.57 Å². The average Bonchev–Trinajstić information content (AvgIpc) is 3.23. The molecule has 1 aliphatic carbocycles. The van der Waals surface area contributed by atoms with Gasteiger partial charge in [-0.05, 0) is 65.0 Å². The maximum absolute atomic E-state index is 11.6. The molecule has 174 valence electrons. The van der Waals surface area contributed by atoms with Crippen LogP contribution in [0.1, 0.15) is 60.3 Å². The highest BCUT2D eigenvalue weighted by atomic mass is 35.5. The lowest BCUT2D eigenvalue weighted by molar-refractivity contribution is -0.133. The van der Waals surface area contributed by atoms with Crippen molar-refractivity contribution in [2.45, 2.75) is 60.3 Å². The number of nitrogens with one attached hydrogen (secondary N) is 1. The van der Waals surface area contributed by atoms with E-state index in [1.54, 1.807) is 14.0 Å². The Morgan fingerprint density at radius 2 is 1.81 bits per heavy atom. The molecule has 0 saturated carbocycles. The van der Waals surface area contributed by atoms with Gasteiger partial charge in [-0.1, -0.05) is 25.7 Å². The Kier molecular flexibility index (Phi) is 23.4. The molecule has 0 atom stereocenters. The molecule has 31 heavy (non-hydrogen) atoms. The van der Waals surface area contributed by atoms with Crippen LogP contribution in [0.4, 0.5) is 0 Å². The van der Waals surface area contributed by atoms with Gasteiger partial charge >= 0.3 is 5.97 Å². The molecule has 5 nitrogen and oxygen atoms in total. The van der Waals surface area contributed by atoms with E-state index in [0.717, 1.165) is 12.2 Å². The monoisotopic (exact) mass is 451 g/mol. The SMILES string of the molecule is C#CC.C/C=C\C(OC)=C(C)C.C=C(CCl)NC(=O)C1=C(C(=O)O)CCC1.C=CCC. The number of halogens is 1. The maximum atomic E-state index is 11.6. The van der Waals surface area contributed by atoms with Gasteiger partial charge < -0.3 is 15.2 Å². The molecule has 1 rings (SSSR count). The second kappa shape index (κ2) is 22.0. The summed E-state index contributed by atoms with van der Waals surface area (Å²) in [6, 6.07) is 0. The van der Waals surface area contributed by atoms with Gasteiger partial charge in [-0.25, -0.2) is 4.79 Å². The number of carbonyl (C=O) groups is 2. The van der Waals surface area contributed by atoms with Crippen LogP contribution in [0.2, 0.25) is 0 Å². The Labute approximate surface area is 193 Å². The highest BCUT2D eigenvalue weighted by Gasteiger charge is 2.25. The molecule has 6 heteroatoms. The molecular formula is C25H38ClNO4. The molecule has 0 aromatic heterocycles. The van der Waals surface area contributed by atoms with Gasteiger partial charge in [-0.2, -0.15) is 0 Å². The maximum Gasteiger partial charge on any atom is 0.332 e. The molecule has 0 radical (unpaired) electrons. The molecule has 0 spiro atoms. The van der Waals surface area contributed by atoms with Gasteiger partial charge in [-0.3, -0.25) is 4.79 Å². The number of allylic oxidation sites excluding steroid dienone is 5. The van der Waals surface area contributed by atoms with Crippen molar-refractivity contribution < 1.29 is 19.4 Å². The molecule has 0 fully saturated rings. The molecule has 1 aliphatic rings. The van der Waals surface area contributed by atoms with Crippen LogP contribution in [0.15, 0.2) is 59.6 Å². The lowest BCUT2D eigenvalue weighted by atomic mass is 10.1. The molecule has 0 aliphatic heterocycles. The topological polar surface area (TPSA) is 75.6 Å². The zero-order valence-corrected chi connectivity index (χ0v) is 20.6. The van der Waals surface area contributed by atoms with E-state index in [2.05, 4.69) is 37.7 Å². The first-order chi connectivity index (χ1) is 14.6. The van der Waals surface area contributed by atoms with Crippen molar-refractivity contribution in [2.24, 2.45) is 0 Å². The fourth-order valence-electron chi connectivity index (χ4n) is 2.09. The van der Waals surface area contributed by atoms with Crippen molar-refractivity contribution in [1.29, 1.82) is 0 Å². The Balaban J connectivity index is -0.000000415. The van der Waals surface area contributed by atoms with Gasteiger partial charge in [0, 0.05) is 16.8 Å². The van der Waals surface area contributed by atoms with Crippen molar-refractivity contribution in [1.82, 2.24) is 5.32 Å². The molecule has 0 heterocycles. The number of rotatable bonds is 7. The van der Waals surface area contributed by atoms with Crippen molar-refractivity contribution in [2.75, 3.05) is 13.0 Å². The fraction of sp³-hybridized carbons (Fsp3) is 0.440. The van der Waals surface area contributed by atoms with Gasteiger partial charge in [0.05, 0.1) is 13.0 Å². The van der Waals surface area contributed by atoms with Gasteiger partial charge in [0.2, 0.25) is 0 Å². The molecule has 0 bridgehead atoms. The number of ether oxygens (including phenoxy) is 1. The second-order valence-electron chi connectivity index (χ2n) is 6.36. The van der Waals surface area contributed by atoms with Crippen LogP contribution < -0.4 is 5.32 Å². The third-order valence-corrected chi connectivity index (χ3v) is 3.84. The Morgan fingerprint density at radius 3 is 2.10 bits per heavy atom. The summed E-state index contributed by atoms with van der Waals surface area (Å²) < 4.78 is 5.04. The van der Waals surface area contributed by atoms with Crippen LogP contribution in [0.25, 0.3) is 0 Å². The molecule has 0 aromatic rings. The normalized spacial score (nSPS) is 11.3. The predicted molar refractivity (Wildman–Crippen MR) is 132 cm³/mol. The van der Waals surface area contributed by atoms with E-state index >= 15 is 0 Å². The molecule has 0 unspecified atom stereocenters. The lowest BCUT2D eigenvalue weighted by Gasteiger charge is -2.06. The number of methoxy groups -OCH3 is 1. The fourth-order valence-corrected chi connectivity index (χ4v) is 2.16. The Hall–Kier alpha value is -2.71. The van der Waals surface area contributed by atoms with Crippen LogP contribution >= 0.6 is 11.6 Å². The Morgan fingerprint density at radius 1 is 1.32 bits per heavy atom. The van der Waals surface area contributed by atoms with Gasteiger partial charge in [0.25, 0.3) is 5.91 Å². The number of aliphatic carboxylic acids is 1. The minimum absolute atomic E-state index is 0.126. The zero-order valence-electron chi connectivity index (χ0n) is 19.8. The minimum Gasteiger partial charge on any atom is -0.497 e. The molecular weight excluding hydrogens is 414 g/mol. The summed E-state index contributed by atoms with van der Waals surface area (Å²) in [5, 5.41) is 11.3. The smallest absolute Gasteiger partial charge is 0.332 e. The summed E-state index contributed by atoms with van der Waals surface area (Å²) in [7, 11) is 1.68. The summed E-state index contributed by atoms with van der Waals surface area (Å²) >= 11 is 5.46. The van der Waals surface area contributed by atoms with E-state index in [4.69, 9.17) is 21.4 Å². The highest BCUT2D eigenvalue weighted by Crippen LogP contribution is 2.26. The molecule has 1 amide bonds. The average molecular weight is 452 g/mol. The van der Waals surface area contributed by atoms with Crippen LogP contribution in [-0.4, -0.2) is 30.0 Å². The third kappa shape index (κ3) is 17.8. The van der Waals surface area contributed by atoms with E-state index in [-0.39, 0.29) is 11.5 Å². The molecule has 0 saturated heterocycles. The highest BCUT2D eigenvalue weighted by molar-refractivity contribution is 6.19. The van der Waals surface area contributed by atoms with Crippen LogP contribution in [0.5, 0.6) is 0 Å². The number of carbonyl (C=O) groups excluding carboxylic acids is 1. The zero-order chi connectivity index (χ0) is 24.8. The summed E-state index contributed by atoms with van der Waals surface area (Å²) in [6.07, 6.45) is 13.1. The van der Waals surface area contributed by atoms with Crippen LogP contribution in [-0.2, 0) is 14.3 Å². The number of terminal acetylenes is 1. The number of hydrogen-bond donors (Lipinski definition) is 2. The van der Waals surface area contributed by atoms with Crippen molar-refractivity contribution in [3.8, 4) is 12.3 Å². The third-order valence-electron chi connectivity index (χ3n) is 3.52. The van der Waals surface area contributed by atoms with Crippen molar-refractivity contribution >= 4 is 23.5 Å². The first kappa shape index (κ1) is 32.9. The van der Waals surface area contributed by atoms with Crippen molar-refractivity contribution in [3.63, 3.8) is 0 Å². The summed E-state index contributed by atoms with van der Waals surface area (Å²) in [4.78, 5) is 22.4. The van der Waals surface area contributed by atoms with Crippen LogP contribution in [0, 0.1) is 12.3 Å². The molecule has 0 aromatic carbocycles. The van der Waals surface area contributed by atoms with Gasteiger partial charge in [0.15, 0.2) is 0 Å². The summed E-state index contributed by atoms with van der Waals surface area (Å²) in [5.41, 5.74) is 2.13. The second-order valence-corrected chi connectivity index (χ2v) is 6.63. The number of hydrogen-bond acceptors (Lipinski definition) is 3. The quantitative estimate of drug-likeness (QED) is 0.160. The van der Waals surface area contributed by atoms with Crippen LogP contribution in [0.3, 0.4) is 0 Å². The first-order valence-corrected chi connectivity index (χ1v) is 10.5. The lowest BCUT2D eigenvalue weighted by Crippen LogP contribution is -2.25. The van der Waals surface area contributed by atoms with Gasteiger partial charge in [0.1, 0.15) is 5.76 Å². The predicted octanol–water partition coefficient (Wildman–Crippen LogP) is 6.14. The number of carboxylic acids is 1. The minimum atomic E-state index is -1.02. The summed E-state index contributed by atoms with van der Waals surface area (Å²) in [5.74, 6) is 1.92. The van der Waals surface area contributed by atoms with Crippen molar-refractivity contribution in [3.05, 3.63) is 59.6 Å². The number of alkyl halides is 1. The Bertz CT molecular complexity index is 706. The van der Waals surface area contributed by atoms with E-state index in [9.17, 15) is 9.59 Å². The van der Waals surface area contributed by atoms with Gasteiger partial charge in [-0.15, -0.1) is 30.5 Å². The van der Waals surface area contributed by atoms with E-state index in [1.807, 2.05) is 39.0 Å². The van der Waals surface area contributed by atoms with E-state index < -0.39 is 11.9 Å².